The molecule has 94 valence electrons. The van der Waals surface area contributed by atoms with Crippen LogP contribution >= 0.6 is 0 Å². The summed E-state index contributed by atoms with van der Waals surface area (Å²) < 4.78 is 4.93. The van der Waals surface area contributed by atoms with Crippen molar-refractivity contribution in [3.05, 3.63) is 29.3 Å². The Hall–Kier alpha value is -1.55. The molecule has 0 aromatic heterocycles. The molecule has 0 aliphatic carbocycles. The molecule has 0 aliphatic heterocycles. The zero-order valence-electron chi connectivity index (χ0n) is 9.98. The Bertz CT molecular complexity index is 374. The van der Waals surface area contributed by atoms with Gasteiger partial charge in [0.25, 0.3) is 0 Å². The second-order valence-corrected chi connectivity index (χ2v) is 3.70. The van der Waals surface area contributed by atoms with Gasteiger partial charge in [0.15, 0.2) is 0 Å². The molecule has 0 fully saturated rings. The Balaban J connectivity index is 2.87. The van der Waals surface area contributed by atoms with Gasteiger partial charge in [-0.1, -0.05) is 6.07 Å². The SMILES string of the molecule is CCOC(=O)c1cccc(O)c1CCCCO. The molecule has 0 unspecified atom stereocenters. The highest BCUT2D eigenvalue weighted by Gasteiger charge is 2.14. The van der Waals surface area contributed by atoms with Crippen LogP contribution in [0.1, 0.15) is 35.7 Å². The number of aliphatic hydroxyl groups is 1. The lowest BCUT2D eigenvalue weighted by Crippen LogP contribution is -2.08. The standard InChI is InChI=1S/C13H18O4/c1-2-17-13(16)11-7-5-8-12(15)10(11)6-3-4-9-14/h5,7-8,14-15H,2-4,6,9H2,1H3. The van der Waals surface area contributed by atoms with Crippen molar-refractivity contribution in [1.29, 1.82) is 0 Å². The smallest absolute Gasteiger partial charge is 0.338 e. The number of carbonyl (C=O) groups is 1. The topological polar surface area (TPSA) is 66.8 Å². The minimum atomic E-state index is -0.414. The highest BCUT2D eigenvalue weighted by Crippen LogP contribution is 2.23. The number of ether oxygens (including phenoxy) is 1. The van der Waals surface area contributed by atoms with Gasteiger partial charge >= 0.3 is 5.97 Å². The first-order valence-corrected chi connectivity index (χ1v) is 5.79. The largest absolute Gasteiger partial charge is 0.508 e. The van der Waals surface area contributed by atoms with Crippen molar-refractivity contribution in [2.45, 2.75) is 26.2 Å². The number of unbranched alkanes of at least 4 members (excludes halogenated alkanes) is 1. The van der Waals surface area contributed by atoms with E-state index in [2.05, 4.69) is 0 Å². The van der Waals surface area contributed by atoms with E-state index in [-0.39, 0.29) is 12.4 Å². The first-order chi connectivity index (χ1) is 8.20. The van der Waals surface area contributed by atoms with E-state index in [0.717, 1.165) is 6.42 Å². The molecule has 0 radical (unpaired) electrons. The van der Waals surface area contributed by atoms with Gasteiger partial charge in [-0.15, -0.1) is 0 Å². The lowest BCUT2D eigenvalue weighted by molar-refractivity contribution is 0.0524. The fourth-order valence-electron chi connectivity index (χ4n) is 1.65. The number of esters is 1. The number of phenolic OH excluding ortho intramolecular Hbond substituents is 1. The summed E-state index contributed by atoms with van der Waals surface area (Å²) in [5, 5.41) is 18.5. The maximum atomic E-state index is 11.7. The van der Waals surface area contributed by atoms with Crippen LogP contribution in [-0.4, -0.2) is 29.4 Å². The van der Waals surface area contributed by atoms with Gasteiger partial charge in [0.2, 0.25) is 0 Å². The van der Waals surface area contributed by atoms with Crippen molar-refractivity contribution in [1.82, 2.24) is 0 Å². The van der Waals surface area contributed by atoms with Crippen LogP contribution in [0.2, 0.25) is 0 Å². The van der Waals surface area contributed by atoms with Crippen molar-refractivity contribution in [2.75, 3.05) is 13.2 Å². The minimum Gasteiger partial charge on any atom is -0.508 e. The molecule has 4 heteroatoms. The molecular formula is C13H18O4. The summed E-state index contributed by atoms with van der Waals surface area (Å²) in [6.07, 6.45) is 1.93. The van der Waals surface area contributed by atoms with Crippen molar-refractivity contribution >= 4 is 5.97 Å². The second-order valence-electron chi connectivity index (χ2n) is 3.70. The maximum Gasteiger partial charge on any atom is 0.338 e. The van der Waals surface area contributed by atoms with Crippen LogP contribution in [0, 0.1) is 0 Å². The number of hydrogen-bond acceptors (Lipinski definition) is 4. The van der Waals surface area contributed by atoms with E-state index < -0.39 is 5.97 Å². The zero-order valence-corrected chi connectivity index (χ0v) is 9.98. The van der Waals surface area contributed by atoms with Crippen molar-refractivity contribution in [3.63, 3.8) is 0 Å². The quantitative estimate of drug-likeness (QED) is 0.586. The van der Waals surface area contributed by atoms with Gasteiger partial charge in [0.05, 0.1) is 12.2 Å². The van der Waals surface area contributed by atoms with Gasteiger partial charge in [0, 0.05) is 12.2 Å². The molecule has 0 saturated carbocycles. The Kier molecular flexibility index (Phi) is 5.49. The average Bonchev–Trinajstić information content (AvgIpc) is 2.31. The lowest BCUT2D eigenvalue weighted by atomic mass is 10.0. The van der Waals surface area contributed by atoms with E-state index in [4.69, 9.17) is 9.84 Å². The van der Waals surface area contributed by atoms with Crippen LogP contribution in [0.3, 0.4) is 0 Å². The molecule has 0 atom stereocenters. The second kappa shape index (κ2) is 6.91. The number of phenols is 1. The highest BCUT2D eigenvalue weighted by molar-refractivity contribution is 5.91. The molecule has 1 aromatic rings. The number of aliphatic hydroxyl groups excluding tert-OH is 1. The van der Waals surface area contributed by atoms with Crippen molar-refractivity contribution < 1.29 is 19.7 Å². The van der Waals surface area contributed by atoms with Crippen LogP contribution in [0.5, 0.6) is 5.75 Å². The molecule has 0 amide bonds. The summed E-state index contributed by atoms with van der Waals surface area (Å²) in [7, 11) is 0. The van der Waals surface area contributed by atoms with Gasteiger partial charge in [0.1, 0.15) is 5.75 Å². The van der Waals surface area contributed by atoms with Crippen LogP contribution < -0.4 is 0 Å². The highest BCUT2D eigenvalue weighted by atomic mass is 16.5. The monoisotopic (exact) mass is 238 g/mol. The molecule has 0 spiro atoms. The van der Waals surface area contributed by atoms with E-state index in [1.54, 1.807) is 25.1 Å². The summed E-state index contributed by atoms with van der Waals surface area (Å²) in [6.45, 7) is 2.17. The Morgan fingerprint density at radius 3 is 2.76 bits per heavy atom. The summed E-state index contributed by atoms with van der Waals surface area (Å²) >= 11 is 0. The maximum absolute atomic E-state index is 11.7. The van der Waals surface area contributed by atoms with Crippen LogP contribution in [0.25, 0.3) is 0 Å². The van der Waals surface area contributed by atoms with E-state index in [9.17, 15) is 9.90 Å². The summed E-state index contributed by atoms with van der Waals surface area (Å²) in [6, 6.07) is 4.82. The zero-order chi connectivity index (χ0) is 12.7. The molecule has 0 heterocycles. The molecule has 1 rings (SSSR count). The first kappa shape index (κ1) is 13.5. The Morgan fingerprint density at radius 1 is 1.35 bits per heavy atom. The van der Waals surface area contributed by atoms with E-state index in [1.807, 2.05) is 0 Å². The van der Waals surface area contributed by atoms with Crippen LogP contribution in [-0.2, 0) is 11.2 Å². The van der Waals surface area contributed by atoms with Gasteiger partial charge in [-0.25, -0.2) is 4.79 Å². The Labute approximate surface area is 101 Å². The normalized spacial score (nSPS) is 10.2. The fourth-order valence-corrected chi connectivity index (χ4v) is 1.65. The molecule has 17 heavy (non-hydrogen) atoms. The van der Waals surface area contributed by atoms with Gasteiger partial charge in [-0.3, -0.25) is 0 Å². The van der Waals surface area contributed by atoms with Gasteiger partial charge < -0.3 is 14.9 Å². The van der Waals surface area contributed by atoms with Crippen molar-refractivity contribution in [2.24, 2.45) is 0 Å². The van der Waals surface area contributed by atoms with E-state index in [0.29, 0.717) is 30.6 Å². The third-order valence-electron chi connectivity index (χ3n) is 2.48. The molecule has 0 aliphatic rings. The minimum absolute atomic E-state index is 0.105. The van der Waals surface area contributed by atoms with Crippen LogP contribution in [0.4, 0.5) is 0 Å². The average molecular weight is 238 g/mol. The molecular weight excluding hydrogens is 220 g/mol. The molecule has 2 N–H and O–H groups in total. The Morgan fingerprint density at radius 2 is 2.12 bits per heavy atom. The predicted molar refractivity (Wildman–Crippen MR) is 64.1 cm³/mol. The number of rotatable bonds is 6. The molecule has 0 saturated heterocycles. The summed E-state index contributed by atoms with van der Waals surface area (Å²) in [4.78, 5) is 11.7. The third-order valence-corrected chi connectivity index (χ3v) is 2.48. The van der Waals surface area contributed by atoms with Crippen molar-refractivity contribution in [3.8, 4) is 5.75 Å². The number of aromatic hydroxyl groups is 1. The fraction of sp³-hybridized carbons (Fsp3) is 0.462. The summed E-state index contributed by atoms with van der Waals surface area (Å²) in [5.41, 5.74) is 1.00. The van der Waals surface area contributed by atoms with Gasteiger partial charge in [-0.2, -0.15) is 0 Å². The number of carbonyl (C=O) groups excluding carboxylic acids is 1. The van der Waals surface area contributed by atoms with E-state index in [1.165, 1.54) is 0 Å². The lowest BCUT2D eigenvalue weighted by Gasteiger charge is -2.10. The number of benzene rings is 1. The molecule has 1 aromatic carbocycles. The molecule has 0 bridgehead atoms. The molecule has 4 nitrogen and oxygen atoms in total. The third kappa shape index (κ3) is 3.75. The van der Waals surface area contributed by atoms with Gasteiger partial charge in [-0.05, 0) is 38.3 Å². The predicted octanol–water partition coefficient (Wildman–Crippen LogP) is 1.88. The number of hydrogen-bond donors (Lipinski definition) is 2. The first-order valence-electron chi connectivity index (χ1n) is 5.79. The van der Waals surface area contributed by atoms with E-state index >= 15 is 0 Å². The summed E-state index contributed by atoms with van der Waals surface area (Å²) in [5.74, 6) is -0.309. The van der Waals surface area contributed by atoms with Crippen LogP contribution in [0.15, 0.2) is 18.2 Å².